The molecule has 0 saturated carbocycles. The summed E-state index contributed by atoms with van der Waals surface area (Å²) in [6, 6.07) is 16.5. The van der Waals surface area contributed by atoms with Crippen molar-refractivity contribution in [3.05, 3.63) is 86.3 Å². The molecule has 0 heterocycles. The van der Waals surface area contributed by atoms with Crippen molar-refractivity contribution >= 4 is 55.1 Å². The molecule has 0 atom stereocenters. The van der Waals surface area contributed by atoms with E-state index < -0.39 is 15.9 Å². The number of carbonyl (C=O) groups excluding carboxylic acids is 1. The molecule has 0 aliphatic heterocycles. The van der Waals surface area contributed by atoms with E-state index in [0.717, 1.165) is 14.3 Å². The summed E-state index contributed by atoms with van der Waals surface area (Å²) in [6.45, 7) is -0.178. The van der Waals surface area contributed by atoms with Gasteiger partial charge in [0.05, 0.1) is 25.7 Å². The van der Waals surface area contributed by atoms with Gasteiger partial charge in [-0.25, -0.2) is 8.42 Å². The lowest BCUT2D eigenvalue weighted by atomic mass is 10.1. The molecule has 0 saturated heterocycles. The number of sulfonamides is 1. The van der Waals surface area contributed by atoms with E-state index in [1.165, 1.54) is 18.2 Å². The zero-order chi connectivity index (χ0) is 26.3. The van der Waals surface area contributed by atoms with Gasteiger partial charge in [-0.05, 0) is 66.1 Å². The van der Waals surface area contributed by atoms with Crippen LogP contribution in [0.15, 0.2) is 70.0 Å². The van der Waals surface area contributed by atoms with Crippen molar-refractivity contribution < 1.29 is 22.7 Å². The van der Waals surface area contributed by atoms with Crippen LogP contribution in [0.2, 0.25) is 10.0 Å². The van der Waals surface area contributed by atoms with Gasteiger partial charge in [-0.3, -0.25) is 4.79 Å². The lowest BCUT2D eigenvalue weighted by Gasteiger charge is -2.22. The van der Waals surface area contributed by atoms with Crippen molar-refractivity contribution in [1.29, 1.82) is 0 Å². The van der Waals surface area contributed by atoms with E-state index in [1.54, 1.807) is 44.6 Å². The first-order chi connectivity index (χ1) is 17.1. The highest BCUT2D eigenvalue weighted by Crippen LogP contribution is 2.28. The Morgan fingerprint density at radius 1 is 0.972 bits per heavy atom. The maximum atomic E-state index is 13.4. The average molecular weight is 616 g/mol. The van der Waals surface area contributed by atoms with E-state index in [9.17, 15) is 13.2 Å². The van der Waals surface area contributed by atoms with Crippen molar-refractivity contribution in [3.8, 4) is 11.5 Å². The molecule has 0 radical (unpaired) electrons. The lowest BCUT2D eigenvalue weighted by Crippen LogP contribution is -2.40. The summed E-state index contributed by atoms with van der Waals surface area (Å²) in [6.07, 6.45) is 0.522. The highest BCUT2D eigenvalue weighted by atomic mass is 79.9. The van der Waals surface area contributed by atoms with Crippen molar-refractivity contribution in [2.24, 2.45) is 0 Å². The summed E-state index contributed by atoms with van der Waals surface area (Å²) >= 11 is 15.6. The molecule has 0 unspecified atom stereocenters. The van der Waals surface area contributed by atoms with Crippen molar-refractivity contribution in [2.45, 2.75) is 17.9 Å². The Balaban J connectivity index is 1.74. The Morgan fingerprint density at radius 3 is 2.31 bits per heavy atom. The highest BCUT2D eigenvalue weighted by Gasteiger charge is 2.27. The maximum Gasteiger partial charge on any atom is 0.243 e. The monoisotopic (exact) mass is 614 g/mol. The van der Waals surface area contributed by atoms with E-state index >= 15 is 0 Å². The second kappa shape index (κ2) is 12.8. The number of benzene rings is 3. The minimum Gasteiger partial charge on any atom is -0.493 e. The molecule has 0 aliphatic carbocycles. The number of nitrogens with one attached hydrogen (secondary N) is 1. The van der Waals surface area contributed by atoms with Crippen LogP contribution < -0.4 is 14.8 Å². The van der Waals surface area contributed by atoms with Gasteiger partial charge in [0, 0.05) is 27.6 Å². The minimum atomic E-state index is -4.00. The molecule has 0 aliphatic rings. The summed E-state index contributed by atoms with van der Waals surface area (Å²) in [4.78, 5) is 12.9. The first kappa shape index (κ1) is 28.3. The molecular weight excluding hydrogens is 591 g/mol. The average Bonchev–Trinajstić information content (AvgIpc) is 2.85. The molecule has 3 aromatic carbocycles. The predicted octanol–water partition coefficient (Wildman–Crippen LogP) is 5.32. The Morgan fingerprint density at radius 2 is 1.67 bits per heavy atom. The molecule has 192 valence electrons. The summed E-state index contributed by atoms with van der Waals surface area (Å²) in [7, 11) is -0.891. The number of rotatable bonds is 11. The third kappa shape index (κ3) is 7.36. The molecule has 0 fully saturated rings. The first-order valence-corrected chi connectivity index (χ1v) is 13.8. The number of nitrogens with zero attached hydrogens (tertiary/aromatic N) is 1. The van der Waals surface area contributed by atoms with Crippen LogP contribution >= 0.6 is 39.1 Å². The van der Waals surface area contributed by atoms with Crippen molar-refractivity contribution in [1.82, 2.24) is 9.62 Å². The van der Waals surface area contributed by atoms with Gasteiger partial charge < -0.3 is 14.8 Å². The Labute approximate surface area is 229 Å². The van der Waals surface area contributed by atoms with Crippen LogP contribution in [0.3, 0.4) is 0 Å². The van der Waals surface area contributed by atoms with Gasteiger partial charge in [0.2, 0.25) is 15.9 Å². The smallest absolute Gasteiger partial charge is 0.243 e. The van der Waals surface area contributed by atoms with Crippen LogP contribution in [-0.4, -0.2) is 45.9 Å². The van der Waals surface area contributed by atoms with Gasteiger partial charge in [-0.1, -0.05) is 51.3 Å². The molecule has 7 nitrogen and oxygen atoms in total. The zero-order valence-electron chi connectivity index (χ0n) is 19.6. The Hall–Kier alpha value is -2.30. The van der Waals surface area contributed by atoms with Crippen LogP contribution in [0, 0.1) is 0 Å². The third-order valence-corrected chi connectivity index (χ3v) is 8.24. The van der Waals surface area contributed by atoms with Gasteiger partial charge in [-0.15, -0.1) is 0 Å². The summed E-state index contributed by atoms with van der Waals surface area (Å²) in [5.41, 5.74) is 1.46. The van der Waals surface area contributed by atoms with Crippen molar-refractivity contribution in [2.75, 3.05) is 27.3 Å². The zero-order valence-corrected chi connectivity index (χ0v) is 23.5. The lowest BCUT2D eigenvalue weighted by molar-refractivity contribution is -0.121. The Kier molecular flexibility index (Phi) is 10.0. The van der Waals surface area contributed by atoms with E-state index in [-0.39, 0.29) is 18.0 Å². The van der Waals surface area contributed by atoms with E-state index in [2.05, 4.69) is 21.2 Å². The normalized spacial score (nSPS) is 11.4. The second-order valence-corrected chi connectivity index (χ2v) is 11.4. The third-order valence-electron chi connectivity index (χ3n) is 5.32. The van der Waals surface area contributed by atoms with E-state index in [0.29, 0.717) is 40.1 Å². The molecule has 11 heteroatoms. The number of hydrogen-bond acceptors (Lipinski definition) is 5. The fourth-order valence-corrected chi connectivity index (χ4v) is 5.53. The van der Waals surface area contributed by atoms with Crippen LogP contribution in [0.4, 0.5) is 0 Å². The van der Waals surface area contributed by atoms with Gasteiger partial charge in [0.15, 0.2) is 11.5 Å². The summed E-state index contributed by atoms with van der Waals surface area (Å²) in [5.74, 6) is 0.758. The summed E-state index contributed by atoms with van der Waals surface area (Å²) < 4.78 is 39.2. The molecule has 3 rings (SSSR count). The standard InChI is InChI=1S/C25H25BrCl2N2O5S/c1-34-23-10-3-17(13-24(23)35-2)11-12-29-25(31)16-30(15-18-4-7-20(27)14-22(18)28)36(32,33)21-8-5-19(26)6-9-21/h3-10,13-14H,11-12,15-16H2,1-2H3,(H,29,31). The topological polar surface area (TPSA) is 84.9 Å². The van der Waals surface area contributed by atoms with Crippen LogP contribution in [0.5, 0.6) is 11.5 Å². The SMILES string of the molecule is COc1ccc(CCNC(=O)CN(Cc2ccc(Cl)cc2Cl)S(=O)(=O)c2ccc(Br)cc2)cc1OC. The molecule has 0 aromatic heterocycles. The molecule has 0 spiro atoms. The van der Waals surface area contributed by atoms with Crippen LogP contribution in [0.1, 0.15) is 11.1 Å². The number of methoxy groups -OCH3 is 2. The number of carbonyl (C=O) groups is 1. The largest absolute Gasteiger partial charge is 0.493 e. The molecule has 36 heavy (non-hydrogen) atoms. The fourth-order valence-electron chi connectivity index (χ4n) is 3.42. The molecular formula is C25H25BrCl2N2O5S. The molecule has 3 aromatic rings. The van der Waals surface area contributed by atoms with Gasteiger partial charge in [-0.2, -0.15) is 4.31 Å². The van der Waals surface area contributed by atoms with Gasteiger partial charge >= 0.3 is 0 Å². The van der Waals surface area contributed by atoms with E-state index in [1.807, 2.05) is 12.1 Å². The number of halogens is 3. The highest BCUT2D eigenvalue weighted by molar-refractivity contribution is 9.10. The first-order valence-electron chi connectivity index (χ1n) is 10.8. The van der Waals surface area contributed by atoms with Crippen LogP contribution in [0.25, 0.3) is 0 Å². The van der Waals surface area contributed by atoms with Crippen LogP contribution in [-0.2, 0) is 27.8 Å². The number of hydrogen-bond donors (Lipinski definition) is 1. The number of ether oxygens (including phenoxy) is 2. The van der Waals surface area contributed by atoms with E-state index in [4.69, 9.17) is 32.7 Å². The van der Waals surface area contributed by atoms with Gasteiger partial charge in [0.25, 0.3) is 0 Å². The summed E-state index contributed by atoms with van der Waals surface area (Å²) in [5, 5.41) is 3.53. The van der Waals surface area contributed by atoms with Gasteiger partial charge in [0.1, 0.15) is 0 Å². The molecule has 1 N–H and O–H groups in total. The maximum absolute atomic E-state index is 13.4. The molecule has 1 amide bonds. The van der Waals surface area contributed by atoms with Crippen molar-refractivity contribution in [3.63, 3.8) is 0 Å². The number of amides is 1. The quantitative estimate of drug-likeness (QED) is 0.315. The minimum absolute atomic E-state index is 0.0638. The molecule has 0 bridgehead atoms. The Bertz CT molecular complexity index is 1320. The predicted molar refractivity (Wildman–Crippen MR) is 144 cm³/mol. The fraction of sp³-hybridized carbons (Fsp3) is 0.240. The second-order valence-electron chi connectivity index (χ2n) is 7.75.